The van der Waals surface area contributed by atoms with Crippen LogP contribution in [0.15, 0.2) is 96.7 Å². The minimum absolute atomic E-state index is 0.0132. The van der Waals surface area contributed by atoms with Crippen LogP contribution in [-0.2, 0) is 37.3 Å². The molecule has 4 fully saturated rings. The predicted molar refractivity (Wildman–Crippen MR) is 218 cm³/mol. The summed E-state index contributed by atoms with van der Waals surface area (Å²) in [7, 11) is 1.38. The van der Waals surface area contributed by atoms with Crippen molar-refractivity contribution in [1.29, 1.82) is 0 Å². The van der Waals surface area contributed by atoms with Crippen LogP contribution in [0.4, 0.5) is 19.0 Å². The summed E-state index contributed by atoms with van der Waals surface area (Å²) in [5.74, 6) is -6.78. The normalized spacial score (nSPS) is 26.9. The highest BCUT2D eigenvalue weighted by atomic mass is 35.5. The van der Waals surface area contributed by atoms with E-state index in [1.807, 2.05) is 24.3 Å². The first-order chi connectivity index (χ1) is 29.2. The molecule has 16 heteroatoms. The van der Waals surface area contributed by atoms with Crippen LogP contribution >= 0.6 is 23.2 Å². The number of benzene rings is 3. The number of pyridine rings is 1. The fourth-order valence-corrected chi connectivity index (χ4v) is 10.9. The number of fused-ring (bicyclic) bond motifs is 4. The summed E-state index contributed by atoms with van der Waals surface area (Å²) in [6.45, 7) is 2.16. The number of anilines is 1. The number of carbonyl (C=O) groups excluding carboxylic acids is 4. The number of hydrogen-bond donors (Lipinski definition) is 2. The molecule has 0 unspecified atom stereocenters. The lowest BCUT2D eigenvalue weighted by molar-refractivity contribution is -0.144. The monoisotopic (exact) mass is 873 g/mol. The molecule has 2 aliphatic carbocycles. The van der Waals surface area contributed by atoms with Crippen LogP contribution in [0.25, 0.3) is 0 Å². The number of ether oxygens (including phenoxy) is 1. The van der Waals surface area contributed by atoms with Gasteiger partial charge in [-0.15, -0.1) is 0 Å². The number of likely N-dealkylation sites (tertiary alicyclic amines) is 2. The molecule has 3 aliphatic heterocycles. The minimum atomic E-state index is -4.75. The lowest BCUT2D eigenvalue weighted by atomic mass is 9.49. The van der Waals surface area contributed by atoms with Gasteiger partial charge in [-0.25, -0.2) is 4.98 Å². The molecular formula is C45H40Cl2F3N5O6. The number of imide groups is 2. The number of rotatable bonds is 8. The van der Waals surface area contributed by atoms with Crippen molar-refractivity contribution in [2.45, 2.75) is 55.8 Å². The molecule has 0 spiro atoms. The van der Waals surface area contributed by atoms with Crippen molar-refractivity contribution in [1.82, 2.24) is 19.8 Å². The van der Waals surface area contributed by atoms with Crippen molar-refractivity contribution in [3.8, 4) is 11.5 Å². The summed E-state index contributed by atoms with van der Waals surface area (Å²) in [6.07, 6.45) is -0.858. The number of amides is 4. The van der Waals surface area contributed by atoms with Crippen molar-refractivity contribution < 1.29 is 42.2 Å². The van der Waals surface area contributed by atoms with Gasteiger partial charge in [-0.1, -0.05) is 83.4 Å². The molecule has 61 heavy (non-hydrogen) atoms. The number of piperidine rings is 1. The minimum Gasteiger partial charge on any atom is -0.504 e. The Morgan fingerprint density at radius 2 is 1.64 bits per heavy atom. The molecule has 5 aliphatic rings. The standard InChI is InChI=1S/C45H40Cl2F3N5O6/c1-61-36-19-25(7-14-35(36)56)38-30-12-13-31-37(42(59)54(40(31)57)29-15-17-53(18-16-29)23-24-5-3-2-4-6-24)32(30)21-33-41(58)55(43(60)44(33,38)26-8-10-28(46)11-9-26)52-39-34(47)20-27(22-51-39)45(48,49)50/h2-12,14,19-20,22,29,31-33,37-38,56H,13,15-18,21,23H2,1H3,(H,51,52)/t31-,32+,33-,37-,38-,44+/m0/s1. The van der Waals surface area contributed by atoms with Crippen LogP contribution in [0.1, 0.15) is 53.9 Å². The third-order valence-electron chi connectivity index (χ3n) is 13.3. The summed E-state index contributed by atoms with van der Waals surface area (Å²) in [5, 5.41) is 11.3. The van der Waals surface area contributed by atoms with Crippen molar-refractivity contribution in [3.05, 3.63) is 129 Å². The van der Waals surface area contributed by atoms with E-state index in [1.54, 1.807) is 36.4 Å². The van der Waals surface area contributed by atoms with E-state index in [4.69, 9.17) is 27.9 Å². The summed E-state index contributed by atoms with van der Waals surface area (Å²) < 4.78 is 46.2. The first-order valence-electron chi connectivity index (χ1n) is 20.1. The molecule has 1 saturated carbocycles. The maximum Gasteiger partial charge on any atom is 0.417 e. The molecule has 0 bridgehead atoms. The molecule has 0 radical (unpaired) electrons. The average Bonchev–Trinajstić information content (AvgIpc) is 3.62. The number of nitrogens with zero attached hydrogens (tertiary/aromatic N) is 4. The number of phenols is 1. The van der Waals surface area contributed by atoms with Crippen molar-refractivity contribution >= 4 is 52.6 Å². The molecule has 4 heterocycles. The summed E-state index contributed by atoms with van der Waals surface area (Å²) in [4.78, 5) is 67.3. The second-order valence-electron chi connectivity index (χ2n) is 16.4. The van der Waals surface area contributed by atoms with Gasteiger partial charge in [0.25, 0.3) is 11.8 Å². The Bertz CT molecular complexity index is 2460. The third-order valence-corrected chi connectivity index (χ3v) is 13.8. The number of aromatic nitrogens is 1. The van der Waals surface area contributed by atoms with Gasteiger partial charge in [-0.05, 0) is 78.6 Å². The van der Waals surface area contributed by atoms with Crippen LogP contribution in [0.2, 0.25) is 10.0 Å². The molecule has 2 N–H and O–H groups in total. The van der Waals surface area contributed by atoms with Gasteiger partial charge in [0.05, 0.1) is 40.9 Å². The van der Waals surface area contributed by atoms with Crippen molar-refractivity contribution in [2.24, 2.45) is 23.7 Å². The molecular weight excluding hydrogens is 834 g/mol. The molecule has 4 aromatic rings. The van der Waals surface area contributed by atoms with E-state index in [0.29, 0.717) is 59.9 Å². The predicted octanol–water partition coefficient (Wildman–Crippen LogP) is 7.77. The number of phenolic OH excluding ortho intramolecular Hbond substituents is 1. The van der Waals surface area contributed by atoms with Gasteiger partial charge in [0.1, 0.15) is 0 Å². The van der Waals surface area contributed by atoms with Gasteiger partial charge in [0, 0.05) is 42.8 Å². The molecule has 4 amide bonds. The summed E-state index contributed by atoms with van der Waals surface area (Å²) >= 11 is 12.7. The van der Waals surface area contributed by atoms with Gasteiger partial charge in [-0.3, -0.25) is 34.4 Å². The van der Waals surface area contributed by atoms with Crippen molar-refractivity contribution in [2.75, 3.05) is 25.6 Å². The lowest BCUT2D eigenvalue weighted by Crippen LogP contribution is -2.53. The van der Waals surface area contributed by atoms with Crippen LogP contribution in [-0.4, -0.2) is 74.8 Å². The molecule has 9 rings (SSSR count). The fourth-order valence-electron chi connectivity index (χ4n) is 10.6. The number of halogens is 5. The van der Waals surface area contributed by atoms with Crippen LogP contribution in [0, 0.1) is 23.7 Å². The number of hydrogen-bond acceptors (Lipinski definition) is 9. The number of methoxy groups -OCH3 is 1. The van der Waals surface area contributed by atoms with E-state index in [0.717, 1.165) is 11.6 Å². The molecule has 1 aromatic heterocycles. The Kier molecular flexibility index (Phi) is 10.4. The zero-order chi connectivity index (χ0) is 43.0. The van der Waals surface area contributed by atoms with Gasteiger partial charge >= 0.3 is 6.18 Å². The Balaban J connectivity index is 1.12. The Morgan fingerprint density at radius 1 is 0.918 bits per heavy atom. The summed E-state index contributed by atoms with van der Waals surface area (Å²) in [5.41, 5.74) is 2.54. The zero-order valence-electron chi connectivity index (χ0n) is 32.7. The van der Waals surface area contributed by atoms with E-state index in [2.05, 4.69) is 27.4 Å². The number of allylic oxidation sites excluding steroid dienone is 2. The van der Waals surface area contributed by atoms with Gasteiger partial charge < -0.3 is 9.84 Å². The zero-order valence-corrected chi connectivity index (χ0v) is 34.3. The molecule has 3 saturated heterocycles. The van der Waals surface area contributed by atoms with Gasteiger partial charge in [0.2, 0.25) is 11.8 Å². The Hall–Kier alpha value is -5.44. The van der Waals surface area contributed by atoms with E-state index >= 15 is 4.79 Å². The molecule has 316 valence electrons. The fraction of sp³-hybridized carbons (Fsp3) is 0.356. The van der Waals surface area contributed by atoms with E-state index in [1.165, 1.54) is 23.6 Å². The average molecular weight is 875 g/mol. The maximum absolute atomic E-state index is 15.4. The third kappa shape index (κ3) is 6.74. The number of hydrazine groups is 1. The number of alkyl halides is 3. The Morgan fingerprint density at radius 3 is 2.31 bits per heavy atom. The van der Waals surface area contributed by atoms with Crippen LogP contribution in [0.5, 0.6) is 11.5 Å². The number of carbonyl (C=O) groups is 4. The van der Waals surface area contributed by atoms with Gasteiger partial charge in [-0.2, -0.15) is 18.2 Å². The topological polar surface area (TPSA) is 132 Å². The molecule has 3 aromatic carbocycles. The molecule has 6 atom stereocenters. The van der Waals surface area contributed by atoms with E-state index in [9.17, 15) is 32.7 Å². The highest BCUT2D eigenvalue weighted by molar-refractivity contribution is 6.33. The SMILES string of the molecule is COc1cc([C@H]2C3=CC[C@@H]4C(=O)N(C5CCN(Cc6ccccc6)CC5)C(=O)[C@@H]4[C@@H]3C[C@H]3C(=O)N(Nc4ncc(C(F)(F)F)cc4Cl)C(=O)[C@@]23c2ccc(Cl)cc2)ccc1O. The van der Waals surface area contributed by atoms with Crippen molar-refractivity contribution in [3.63, 3.8) is 0 Å². The quantitative estimate of drug-likeness (QED) is 0.135. The lowest BCUT2D eigenvalue weighted by Gasteiger charge is -2.50. The van der Waals surface area contributed by atoms with Crippen LogP contribution < -0.4 is 10.2 Å². The van der Waals surface area contributed by atoms with Gasteiger partial charge in [0.15, 0.2) is 17.3 Å². The highest BCUT2D eigenvalue weighted by Crippen LogP contribution is 2.64. The van der Waals surface area contributed by atoms with E-state index < -0.39 is 63.6 Å². The van der Waals surface area contributed by atoms with Crippen LogP contribution in [0.3, 0.4) is 0 Å². The second kappa shape index (κ2) is 15.5. The first-order valence-corrected chi connectivity index (χ1v) is 20.8. The van der Waals surface area contributed by atoms with E-state index in [-0.39, 0.29) is 48.0 Å². The maximum atomic E-state index is 15.4. The first kappa shape index (κ1) is 40.9. The largest absolute Gasteiger partial charge is 0.504 e. The summed E-state index contributed by atoms with van der Waals surface area (Å²) in [6, 6.07) is 21.6. The smallest absolute Gasteiger partial charge is 0.417 e. The molecule has 11 nitrogen and oxygen atoms in total. The Labute approximate surface area is 359 Å². The number of aromatic hydroxyl groups is 1. The highest BCUT2D eigenvalue weighted by Gasteiger charge is 2.70. The number of nitrogens with one attached hydrogen (secondary N) is 1. The second-order valence-corrected chi connectivity index (χ2v) is 17.2.